The van der Waals surface area contributed by atoms with Gasteiger partial charge in [0.1, 0.15) is 19.3 Å². The van der Waals surface area contributed by atoms with Crippen LogP contribution in [0, 0.1) is 0 Å². The summed E-state index contributed by atoms with van der Waals surface area (Å²) in [5.41, 5.74) is 0. The van der Waals surface area contributed by atoms with E-state index in [9.17, 15) is 19.0 Å². The number of hydrogen-bond acceptors (Lipinski definition) is 7. The fourth-order valence-electron chi connectivity index (χ4n) is 8.92. The lowest BCUT2D eigenvalue weighted by atomic mass is 10.0. The first-order chi connectivity index (χ1) is 40.4. The largest absolute Gasteiger partial charge is 0.756 e. The molecule has 0 saturated heterocycles. The Morgan fingerprint density at radius 1 is 0.434 bits per heavy atom. The van der Waals surface area contributed by atoms with Crippen LogP contribution in [0.4, 0.5) is 0 Å². The van der Waals surface area contributed by atoms with Gasteiger partial charge in [0.25, 0.3) is 7.82 Å². The van der Waals surface area contributed by atoms with Gasteiger partial charge in [-0.05, 0) is 128 Å². The SMILES string of the molecule is CC/C=C\C/C=C\C/C=C\C/C=C\C/C=C\C/C=C\CCCCCCC(=O)OC(/C=C/CCCCCCCCCCCCC)C(COP(=O)([O-])OCC[N+](C)(C)C)NC(=O)CCCCCCC/C=C\C/C=C\C/C=C\C/C=C\CCCCC. The van der Waals surface area contributed by atoms with Crippen LogP contribution >= 0.6 is 7.82 Å². The minimum absolute atomic E-state index is 0.0382. The molecule has 1 amide bonds. The van der Waals surface area contributed by atoms with E-state index < -0.39 is 26.6 Å². The summed E-state index contributed by atoms with van der Waals surface area (Å²) in [5, 5.41) is 3.02. The molecule has 3 atom stereocenters. The zero-order valence-corrected chi connectivity index (χ0v) is 55.0. The van der Waals surface area contributed by atoms with Crippen molar-refractivity contribution in [3.05, 3.63) is 134 Å². The van der Waals surface area contributed by atoms with Gasteiger partial charge in [-0.1, -0.05) is 258 Å². The molecule has 0 saturated carbocycles. The summed E-state index contributed by atoms with van der Waals surface area (Å²) in [6.45, 7) is 6.66. The van der Waals surface area contributed by atoms with Crippen molar-refractivity contribution in [2.45, 2.75) is 277 Å². The van der Waals surface area contributed by atoms with Gasteiger partial charge in [-0.25, -0.2) is 0 Å². The molecular formula is C73H125N2O7P. The van der Waals surface area contributed by atoms with Crippen molar-refractivity contribution in [3.8, 4) is 0 Å². The summed E-state index contributed by atoms with van der Waals surface area (Å²) in [4.78, 5) is 40.1. The van der Waals surface area contributed by atoms with E-state index >= 15 is 0 Å². The maximum Gasteiger partial charge on any atom is 0.306 e. The zero-order chi connectivity index (χ0) is 60.7. The fourth-order valence-corrected chi connectivity index (χ4v) is 9.64. The predicted molar refractivity (Wildman–Crippen MR) is 357 cm³/mol. The van der Waals surface area contributed by atoms with Gasteiger partial charge < -0.3 is 28.5 Å². The number of quaternary nitrogens is 1. The lowest BCUT2D eigenvalue weighted by Gasteiger charge is -2.30. The molecule has 0 bridgehead atoms. The summed E-state index contributed by atoms with van der Waals surface area (Å²) < 4.78 is 30.4. The third-order valence-electron chi connectivity index (χ3n) is 14.1. The Morgan fingerprint density at radius 3 is 1.18 bits per heavy atom. The predicted octanol–water partition coefficient (Wildman–Crippen LogP) is 20.6. The van der Waals surface area contributed by atoms with E-state index in [-0.39, 0.29) is 31.3 Å². The molecule has 1 N–H and O–H groups in total. The molecule has 3 unspecified atom stereocenters. The van der Waals surface area contributed by atoms with Crippen LogP contribution in [0.5, 0.6) is 0 Å². The normalized spacial score (nSPS) is 14.4. The highest BCUT2D eigenvalue weighted by Gasteiger charge is 2.27. The topological polar surface area (TPSA) is 114 Å². The maximum atomic E-state index is 13.6. The molecule has 474 valence electrons. The smallest absolute Gasteiger partial charge is 0.306 e. The van der Waals surface area contributed by atoms with Gasteiger partial charge in [-0.2, -0.15) is 0 Å². The Hall–Kier alpha value is -3.85. The quantitative estimate of drug-likeness (QED) is 0.0212. The average Bonchev–Trinajstić information content (AvgIpc) is 3.47. The zero-order valence-electron chi connectivity index (χ0n) is 54.1. The molecule has 9 nitrogen and oxygen atoms in total. The van der Waals surface area contributed by atoms with Crippen LogP contribution in [0.1, 0.15) is 265 Å². The van der Waals surface area contributed by atoms with E-state index in [0.717, 1.165) is 135 Å². The van der Waals surface area contributed by atoms with Crippen LogP contribution in [-0.4, -0.2) is 69.4 Å². The number of phosphoric ester groups is 1. The first-order valence-electron chi connectivity index (χ1n) is 33.5. The van der Waals surface area contributed by atoms with Crippen LogP contribution in [0.3, 0.4) is 0 Å². The van der Waals surface area contributed by atoms with Crippen LogP contribution in [-0.2, 0) is 27.9 Å². The minimum Gasteiger partial charge on any atom is -0.756 e. The lowest BCUT2D eigenvalue weighted by Crippen LogP contribution is -2.47. The second kappa shape index (κ2) is 61.2. The van der Waals surface area contributed by atoms with Gasteiger partial charge in [0.05, 0.1) is 33.8 Å². The number of hydrogen-bond donors (Lipinski definition) is 1. The van der Waals surface area contributed by atoms with Crippen LogP contribution in [0.2, 0.25) is 0 Å². The molecule has 10 heteroatoms. The molecule has 0 aliphatic carbocycles. The average molecular weight is 1170 g/mol. The number of ether oxygens (including phenoxy) is 1. The molecule has 0 aliphatic rings. The fraction of sp³-hybridized carbons (Fsp3) is 0.671. The molecule has 0 spiro atoms. The summed E-state index contributed by atoms with van der Waals surface area (Å²) in [7, 11) is 1.14. The van der Waals surface area contributed by atoms with E-state index in [1.807, 2.05) is 33.3 Å². The third kappa shape index (κ3) is 62.5. The van der Waals surface area contributed by atoms with E-state index in [4.69, 9.17) is 13.8 Å². The van der Waals surface area contributed by atoms with Crippen molar-refractivity contribution in [3.63, 3.8) is 0 Å². The van der Waals surface area contributed by atoms with Crippen molar-refractivity contribution in [2.75, 3.05) is 40.9 Å². The Morgan fingerprint density at radius 2 is 0.771 bits per heavy atom. The maximum absolute atomic E-state index is 13.6. The lowest BCUT2D eigenvalue weighted by molar-refractivity contribution is -0.870. The first kappa shape index (κ1) is 79.2. The van der Waals surface area contributed by atoms with Crippen molar-refractivity contribution in [2.24, 2.45) is 0 Å². The number of carbonyl (C=O) groups is 2. The molecular weight excluding hydrogens is 1050 g/mol. The van der Waals surface area contributed by atoms with Crippen molar-refractivity contribution >= 4 is 19.7 Å². The first-order valence-corrected chi connectivity index (χ1v) is 35.0. The number of unbranched alkanes of at least 4 members (excludes halogenated alkanes) is 23. The van der Waals surface area contributed by atoms with E-state index in [1.165, 1.54) is 83.5 Å². The van der Waals surface area contributed by atoms with Crippen LogP contribution < -0.4 is 10.2 Å². The number of esters is 1. The van der Waals surface area contributed by atoms with E-state index in [2.05, 4.69) is 148 Å². The number of nitrogens with one attached hydrogen (secondary N) is 1. The number of likely N-dealkylation sites (N-methyl/N-ethyl adjacent to an activating group) is 1. The summed E-state index contributed by atoms with van der Waals surface area (Å²) in [6, 6.07) is -0.920. The number of carbonyl (C=O) groups excluding carboxylic acids is 2. The Bertz CT molecular complexity index is 1880. The number of rotatable bonds is 59. The summed E-state index contributed by atoms with van der Waals surface area (Å²) in [5.74, 6) is -0.598. The van der Waals surface area contributed by atoms with E-state index in [0.29, 0.717) is 23.9 Å². The van der Waals surface area contributed by atoms with Gasteiger partial charge in [-0.3, -0.25) is 14.2 Å². The highest BCUT2D eigenvalue weighted by Crippen LogP contribution is 2.38. The molecule has 0 aromatic rings. The van der Waals surface area contributed by atoms with Gasteiger partial charge in [0.15, 0.2) is 0 Å². The molecule has 0 aromatic heterocycles. The van der Waals surface area contributed by atoms with Crippen molar-refractivity contribution < 1.29 is 37.3 Å². The number of amides is 1. The van der Waals surface area contributed by atoms with Crippen LogP contribution in [0.25, 0.3) is 0 Å². The van der Waals surface area contributed by atoms with Gasteiger partial charge in [0.2, 0.25) is 5.91 Å². The molecule has 0 heterocycles. The second-order valence-corrected chi connectivity index (χ2v) is 24.6. The van der Waals surface area contributed by atoms with Gasteiger partial charge in [0, 0.05) is 12.8 Å². The summed E-state index contributed by atoms with van der Waals surface area (Å²) >= 11 is 0. The Labute approximate surface area is 511 Å². The highest BCUT2D eigenvalue weighted by molar-refractivity contribution is 7.45. The highest BCUT2D eigenvalue weighted by atomic mass is 31.2. The molecule has 0 fully saturated rings. The Kier molecular flexibility index (Phi) is 58.4. The minimum atomic E-state index is -4.73. The molecule has 0 rings (SSSR count). The van der Waals surface area contributed by atoms with Crippen molar-refractivity contribution in [1.29, 1.82) is 0 Å². The monoisotopic (exact) mass is 1170 g/mol. The molecule has 83 heavy (non-hydrogen) atoms. The van der Waals surface area contributed by atoms with Crippen LogP contribution in [0.15, 0.2) is 134 Å². The Balaban J connectivity index is 5.32. The third-order valence-corrected chi connectivity index (χ3v) is 15.0. The number of nitrogens with zero attached hydrogens (tertiary/aromatic N) is 1. The molecule has 0 aromatic carbocycles. The molecule has 0 radical (unpaired) electrons. The number of allylic oxidation sites excluding steroid dienone is 21. The standard InChI is InChI=1S/C73H125N2O7P/c1-7-10-13-16-19-22-25-28-30-32-34-36-37-39-41-43-45-48-51-54-57-60-63-66-73(77)82-71(64-61-58-55-52-49-46-27-24-21-18-15-12-9-3)70(69-81-83(78,79)80-68-67-75(4,5)6)74-72(76)65-62-59-56-53-50-47-44-42-40-38-35-33-31-29-26-23-20-17-14-11-8-2/h10,13,19-20,22-23,28-31,34-36,38-39,41-42,44-45,48,61,64,70-71H,7-9,11-12,14-18,21,24-27,32-33,37,40,43,46-47,49-60,62-63,65-69H2,1-6H3,(H-,74,76,78,79)/b13-10-,22-19-,23-20-,30-28-,31-29-,36-34-,38-35-,41-39-,44-42-,48-45-,64-61+. The van der Waals surface area contributed by atoms with Crippen molar-refractivity contribution in [1.82, 2.24) is 5.32 Å². The number of phosphoric acid groups is 1. The van der Waals surface area contributed by atoms with E-state index in [1.54, 1.807) is 0 Å². The van der Waals surface area contributed by atoms with Gasteiger partial charge in [-0.15, -0.1) is 0 Å². The molecule has 0 aliphatic heterocycles. The summed E-state index contributed by atoms with van der Waals surface area (Å²) in [6.07, 6.45) is 87.0. The second-order valence-electron chi connectivity index (χ2n) is 23.2. The van der Waals surface area contributed by atoms with Gasteiger partial charge >= 0.3 is 5.97 Å².